The number of rotatable bonds is 9. The van der Waals surface area contributed by atoms with Crippen LogP contribution in [0.3, 0.4) is 0 Å². The molecule has 1 atom stereocenters. The highest BCUT2D eigenvalue weighted by Crippen LogP contribution is 2.12. The lowest BCUT2D eigenvalue weighted by atomic mass is 10.2. The number of nitrogens with two attached hydrogens (primary N) is 1. The van der Waals surface area contributed by atoms with Crippen LogP contribution < -0.4 is 15.8 Å². The Morgan fingerprint density at radius 2 is 2.10 bits per heavy atom. The van der Waals surface area contributed by atoms with Crippen molar-refractivity contribution in [3.8, 4) is 5.75 Å². The molecule has 0 radical (unpaired) electrons. The molecular formula is C15H25N3O3. The lowest BCUT2D eigenvalue weighted by Gasteiger charge is -2.22. The van der Waals surface area contributed by atoms with Gasteiger partial charge in [-0.1, -0.05) is 19.1 Å². The van der Waals surface area contributed by atoms with Crippen LogP contribution >= 0.6 is 0 Å². The smallest absolute Gasteiger partial charge is 0.233 e. The summed E-state index contributed by atoms with van der Waals surface area (Å²) in [6, 6.07) is 7.45. The molecule has 0 heterocycles. The Morgan fingerprint density at radius 1 is 1.43 bits per heavy atom. The molecule has 1 unspecified atom stereocenters. The average molecular weight is 295 g/mol. The van der Waals surface area contributed by atoms with E-state index in [1.165, 1.54) is 0 Å². The minimum absolute atomic E-state index is 0.0673. The molecule has 0 aliphatic rings. The standard InChI is InChI=1S/C15H25N3O3/c1-3-18(10-15(20)17-2)9-13(19)11-21-14-6-4-12(8-16)5-7-14/h4-7,13,19H,3,8-11,16H2,1-2H3,(H,17,20). The van der Waals surface area contributed by atoms with Crippen molar-refractivity contribution in [2.75, 3.05) is 33.3 Å². The third-order valence-corrected chi connectivity index (χ3v) is 3.16. The maximum atomic E-state index is 11.3. The van der Waals surface area contributed by atoms with Gasteiger partial charge in [-0.05, 0) is 24.2 Å². The predicted molar refractivity (Wildman–Crippen MR) is 82.0 cm³/mol. The maximum absolute atomic E-state index is 11.3. The zero-order valence-corrected chi connectivity index (χ0v) is 12.7. The SMILES string of the molecule is CCN(CC(=O)NC)CC(O)COc1ccc(CN)cc1. The van der Waals surface area contributed by atoms with E-state index in [0.717, 1.165) is 5.56 Å². The summed E-state index contributed by atoms with van der Waals surface area (Å²) in [7, 11) is 1.60. The Hall–Kier alpha value is -1.63. The van der Waals surface area contributed by atoms with Gasteiger partial charge in [-0.2, -0.15) is 0 Å². The fraction of sp³-hybridized carbons (Fsp3) is 0.533. The van der Waals surface area contributed by atoms with E-state index in [0.29, 0.717) is 25.4 Å². The van der Waals surface area contributed by atoms with Crippen LogP contribution in [0, 0.1) is 0 Å². The van der Waals surface area contributed by atoms with Gasteiger partial charge in [-0.25, -0.2) is 0 Å². The molecule has 0 saturated carbocycles. The molecule has 118 valence electrons. The molecule has 1 rings (SSSR count). The first-order valence-electron chi connectivity index (χ1n) is 7.11. The van der Waals surface area contributed by atoms with Crippen LogP contribution in [0.25, 0.3) is 0 Å². The maximum Gasteiger partial charge on any atom is 0.233 e. The summed E-state index contributed by atoms with van der Waals surface area (Å²) in [5, 5.41) is 12.5. The van der Waals surface area contributed by atoms with Gasteiger partial charge in [0.05, 0.1) is 6.54 Å². The highest BCUT2D eigenvalue weighted by Gasteiger charge is 2.13. The summed E-state index contributed by atoms with van der Waals surface area (Å²) in [6.45, 7) is 3.98. The molecule has 4 N–H and O–H groups in total. The molecule has 6 nitrogen and oxygen atoms in total. The summed E-state index contributed by atoms with van der Waals surface area (Å²) in [5.41, 5.74) is 6.56. The molecule has 0 fully saturated rings. The molecule has 1 aromatic carbocycles. The van der Waals surface area contributed by atoms with Gasteiger partial charge in [-0.15, -0.1) is 0 Å². The first-order chi connectivity index (χ1) is 10.1. The lowest BCUT2D eigenvalue weighted by molar-refractivity contribution is -0.122. The molecule has 0 aromatic heterocycles. The summed E-state index contributed by atoms with van der Waals surface area (Å²) in [5.74, 6) is 0.628. The van der Waals surface area contributed by atoms with Crippen LogP contribution in [0.1, 0.15) is 12.5 Å². The monoisotopic (exact) mass is 295 g/mol. The summed E-state index contributed by atoms with van der Waals surface area (Å²) in [4.78, 5) is 13.2. The van der Waals surface area contributed by atoms with Crippen molar-refractivity contribution in [1.29, 1.82) is 0 Å². The Morgan fingerprint density at radius 3 is 2.62 bits per heavy atom. The number of aliphatic hydroxyl groups is 1. The topological polar surface area (TPSA) is 87.8 Å². The molecule has 0 aliphatic heterocycles. The van der Waals surface area contributed by atoms with Crippen LogP contribution in [-0.2, 0) is 11.3 Å². The van der Waals surface area contributed by atoms with Gasteiger partial charge >= 0.3 is 0 Å². The van der Waals surface area contributed by atoms with Gasteiger partial charge < -0.3 is 20.9 Å². The Balaban J connectivity index is 2.37. The van der Waals surface area contributed by atoms with Crippen molar-refractivity contribution in [3.63, 3.8) is 0 Å². The highest BCUT2D eigenvalue weighted by atomic mass is 16.5. The third-order valence-electron chi connectivity index (χ3n) is 3.16. The first kappa shape index (κ1) is 17.4. The zero-order chi connectivity index (χ0) is 15.7. The Labute approximate surface area is 125 Å². The van der Waals surface area contributed by atoms with Crippen molar-refractivity contribution in [3.05, 3.63) is 29.8 Å². The highest BCUT2D eigenvalue weighted by molar-refractivity contribution is 5.77. The van der Waals surface area contributed by atoms with E-state index in [1.54, 1.807) is 7.05 Å². The van der Waals surface area contributed by atoms with Gasteiger partial charge in [0.1, 0.15) is 18.5 Å². The number of benzene rings is 1. The van der Waals surface area contributed by atoms with E-state index >= 15 is 0 Å². The molecule has 0 bridgehead atoms. The van der Waals surface area contributed by atoms with E-state index in [4.69, 9.17) is 10.5 Å². The second-order valence-electron chi connectivity index (χ2n) is 4.81. The zero-order valence-electron chi connectivity index (χ0n) is 12.7. The molecule has 21 heavy (non-hydrogen) atoms. The lowest BCUT2D eigenvalue weighted by Crippen LogP contribution is -2.41. The first-order valence-corrected chi connectivity index (χ1v) is 7.11. The van der Waals surface area contributed by atoms with E-state index in [1.807, 2.05) is 36.1 Å². The van der Waals surface area contributed by atoms with Crippen LogP contribution in [0.4, 0.5) is 0 Å². The second-order valence-corrected chi connectivity index (χ2v) is 4.81. The Bertz CT molecular complexity index is 423. The summed E-state index contributed by atoms with van der Waals surface area (Å²) in [6.07, 6.45) is -0.649. The molecule has 0 spiro atoms. The number of ether oxygens (including phenoxy) is 1. The minimum Gasteiger partial charge on any atom is -0.491 e. The number of hydrogen-bond acceptors (Lipinski definition) is 5. The van der Waals surface area contributed by atoms with E-state index in [9.17, 15) is 9.90 Å². The fourth-order valence-corrected chi connectivity index (χ4v) is 1.85. The predicted octanol–water partition coefficient (Wildman–Crippen LogP) is -0.0471. The molecule has 6 heteroatoms. The van der Waals surface area contributed by atoms with Gasteiger partial charge in [0.15, 0.2) is 0 Å². The van der Waals surface area contributed by atoms with Crippen molar-refractivity contribution in [2.24, 2.45) is 5.73 Å². The summed E-state index contributed by atoms with van der Waals surface area (Å²) < 4.78 is 5.53. The third kappa shape index (κ3) is 6.57. The number of nitrogens with zero attached hydrogens (tertiary/aromatic N) is 1. The van der Waals surface area contributed by atoms with Gasteiger partial charge in [0.25, 0.3) is 0 Å². The van der Waals surface area contributed by atoms with E-state index < -0.39 is 6.10 Å². The average Bonchev–Trinajstić information content (AvgIpc) is 2.52. The number of carbonyl (C=O) groups is 1. The second kappa shape index (κ2) is 9.33. The number of carbonyl (C=O) groups excluding carboxylic acids is 1. The number of likely N-dealkylation sites (N-methyl/N-ethyl adjacent to an activating group) is 2. The molecular weight excluding hydrogens is 270 g/mol. The number of hydrogen-bond donors (Lipinski definition) is 3. The van der Waals surface area contributed by atoms with Crippen molar-refractivity contribution >= 4 is 5.91 Å². The van der Waals surface area contributed by atoms with Gasteiger partial charge in [-0.3, -0.25) is 9.69 Å². The van der Waals surface area contributed by atoms with Crippen LogP contribution in [0.5, 0.6) is 5.75 Å². The van der Waals surface area contributed by atoms with Crippen LogP contribution in [-0.4, -0.2) is 55.3 Å². The van der Waals surface area contributed by atoms with Crippen molar-refractivity contribution in [1.82, 2.24) is 10.2 Å². The van der Waals surface area contributed by atoms with Crippen LogP contribution in [0.2, 0.25) is 0 Å². The van der Waals surface area contributed by atoms with Gasteiger partial charge in [0, 0.05) is 20.1 Å². The van der Waals surface area contributed by atoms with Crippen molar-refractivity contribution in [2.45, 2.75) is 19.6 Å². The molecule has 1 aromatic rings. The number of aliphatic hydroxyl groups excluding tert-OH is 1. The van der Waals surface area contributed by atoms with Crippen LogP contribution in [0.15, 0.2) is 24.3 Å². The minimum atomic E-state index is -0.649. The molecule has 0 aliphatic carbocycles. The molecule has 0 saturated heterocycles. The van der Waals surface area contributed by atoms with Crippen molar-refractivity contribution < 1.29 is 14.6 Å². The quantitative estimate of drug-likeness (QED) is 0.595. The molecule has 1 amide bonds. The van der Waals surface area contributed by atoms with Gasteiger partial charge in [0.2, 0.25) is 5.91 Å². The Kier molecular flexibility index (Phi) is 7.74. The largest absolute Gasteiger partial charge is 0.491 e. The van der Waals surface area contributed by atoms with E-state index in [-0.39, 0.29) is 19.1 Å². The van der Waals surface area contributed by atoms with E-state index in [2.05, 4.69) is 5.32 Å². The normalized spacial score (nSPS) is 12.2. The fourth-order valence-electron chi connectivity index (χ4n) is 1.85. The number of amides is 1. The summed E-state index contributed by atoms with van der Waals surface area (Å²) >= 11 is 0. The number of nitrogens with one attached hydrogen (secondary N) is 1.